The average molecular weight is 489 g/mol. The van der Waals surface area contributed by atoms with Crippen LogP contribution >= 0.6 is 0 Å². The SMILES string of the molecule is C[C@@H]1CN([C@@H](C)CO)C(=O)c2cc(-c3ccccc3)cnc2O[C@H]1CN(C)C(=O)Cc1cccnc1. The fraction of sp³-hybridized carbons (Fsp3) is 0.357. The Morgan fingerprint density at radius 3 is 2.67 bits per heavy atom. The number of ether oxygens (including phenoxy) is 1. The number of aromatic nitrogens is 2. The summed E-state index contributed by atoms with van der Waals surface area (Å²) in [5.41, 5.74) is 2.93. The molecule has 8 heteroatoms. The minimum absolute atomic E-state index is 0.0508. The Bertz CT molecular complexity index is 1190. The number of fused-ring (bicyclic) bond motifs is 1. The lowest BCUT2D eigenvalue weighted by atomic mass is 9.99. The number of carbonyl (C=O) groups is 2. The number of rotatable bonds is 7. The van der Waals surface area contributed by atoms with Gasteiger partial charge in [0, 0.05) is 43.7 Å². The Morgan fingerprint density at radius 2 is 1.97 bits per heavy atom. The Kier molecular flexibility index (Phi) is 7.95. The van der Waals surface area contributed by atoms with Crippen molar-refractivity contribution in [3.05, 3.63) is 78.2 Å². The van der Waals surface area contributed by atoms with E-state index in [9.17, 15) is 14.7 Å². The van der Waals surface area contributed by atoms with Gasteiger partial charge in [-0.25, -0.2) is 4.98 Å². The third kappa shape index (κ3) is 5.71. The molecule has 0 bridgehead atoms. The lowest BCUT2D eigenvalue weighted by Crippen LogP contribution is -2.50. The highest BCUT2D eigenvalue weighted by Crippen LogP contribution is 2.30. The molecule has 4 rings (SSSR count). The lowest BCUT2D eigenvalue weighted by Gasteiger charge is -2.37. The fourth-order valence-electron chi connectivity index (χ4n) is 4.29. The minimum atomic E-state index is -0.400. The van der Waals surface area contributed by atoms with E-state index in [2.05, 4.69) is 9.97 Å². The first kappa shape index (κ1) is 25.3. The summed E-state index contributed by atoms with van der Waals surface area (Å²) in [6.45, 7) is 4.36. The van der Waals surface area contributed by atoms with E-state index < -0.39 is 6.10 Å². The molecule has 3 aromatic rings. The zero-order valence-electron chi connectivity index (χ0n) is 20.9. The number of benzene rings is 1. The second-order valence-corrected chi connectivity index (χ2v) is 9.38. The topological polar surface area (TPSA) is 95.9 Å². The highest BCUT2D eigenvalue weighted by Gasteiger charge is 2.34. The van der Waals surface area contributed by atoms with Gasteiger partial charge < -0.3 is 19.6 Å². The second kappa shape index (κ2) is 11.3. The van der Waals surface area contributed by atoms with E-state index in [4.69, 9.17) is 4.74 Å². The third-order valence-electron chi connectivity index (χ3n) is 6.59. The van der Waals surface area contributed by atoms with Crippen molar-refractivity contribution < 1.29 is 19.4 Å². The largest absolute Gasteiger partial charge is 0.472 e. The molecule has 188 valence electrons. The van der Waals surface area contributed by atoms with Crippen LogP contribution in [0.3, 0.4) is 0 Å². The second-order valence-electron chi connectivity index (χ2n) is 9.38. The van der Waals surface area contributed by atoms with E-state index in [0.717, 1.165) is 16.7 Å². The van der Waals surface area contributed by atoms with Gasteiger partial charge in [-0.15, -0.1) is 0 Å². The van der Waals surface area contributed by atoms with Gasteiger partial charge >= 0.3 is 0 Å². The number of carbonyl (C=O) groups excluding carboxylic acids is 2. The van der Waals surface area contributed by atoms with E-state index in [-0.39, 0.29) is 42.7 Å². The molecular formula is C28H32N4O4. The molecule has 1 N–H and O–H groups in total. The van der Waals surface area contributed by atoms with Crippen LogP contribution in [0.4, 0.5) is 0 Å². The molecule has 0 spiro atoms. The maximum absolute atomic E-state index is 13.6. The van der Waals surface area contributed by atoms with Gasteiger partial charge in [0.1, 0.15) is 11.7 Å². The Labute approximate surface area is 211 Å². The predicted octanol–water partition coefficient (Wildman–Crippen LogP) is 3.06. The van der Waals surface area contributed by atoms with Crippen LogP contribution in [0.2, 0.25) is 0 Å². The van der Waals surface area contributed by atoms with E-state index in [0.29, 0.717) is 18.7 Å². The summed E-state index contributed by atoms with van der Waals surface area (Å²) in [6, 6.07) is 14.8. The Morgan fingerprint density at radius 1 is 1.19 bits per heavy atom. The summed E-state index contributed by atoms with van der Waals surface area (Å²) in [7, 11) is 1.75. The molecular weight excluding hydrogens is 456 g/mol. The first-order valence-electron chi connectivity index (χ1n) is 12.1. The number of hydrogen-bond donors (Lipinski definition) is 1. The zero-order valence-corrected chi connectivity index (χ0v) is 20.9. The van der Waals surface area contributed by atoms with Crippen molar-refractivity contribution in [2.45, 2.75) is 32.4 Å². The maximum Gasteiger partial charge on any atom is 0.259 e. The van der Waals surface area contributed by atoms with E-state index in [1.165, 1.54) is 0 Å². The molecule has 0 saturated heterocycles. The number of aliphatic hydroxyl groups is 1. The standard InChI is InChI=1S/C28H32N4O4/c1-19-16-32(20(2)18-33)28(35)24-13-23(22-9-5-4-6-10-22)15-30-27(24)36-25(19)17-31(3)26(34)12-21-8-7-11-29-14-21/h4-11,13-15,19-20,25,33H,12,16-18H2,1-3H3/t19-,20+,25+/m1/s1. The van der Waals surface area contributed by atoms with Gasteiger partial charge in [-0.1, -0.05) is 43.3 Å². The number of pyridine rings is 2. The number of amides is 2. The van der Waals surface area contributed by atoms with Crippen LogP contribution in [0.25, 0.3) is 11.1 Å². The highest BCUT2D eigenvalue weighted by atomic mass is 16.5. The van der Waals surface area contributed by atoms with Crippen LogP contribution in [-0.2, 0) is 11.2 Å². The highest BCUT2D eigenvalue weighted by molar-refractivity contribution is 5.98. The van der Waals surface area contributed by atoms with Gasteiger partial charge in [0.05, 0.1) is 25.6 Å². The van der Waals surface area contributed by atoms with Crippen LogP contribution in [0.1, 0.15) is 29.8 Å². The molecule has 1 aliphatic rings. The molecule has 36 heavy (non-hydrogen) atoms. The van der Waals surface area contributed by atoms with E-state index in [1.807, 2.05) is 56.3 Å². The number of aliphatic hydroxyl groups excluding tert-OH is 1. The number of likely N-dealkylation sites (N-methyl/N-ethyl adjacent to an activating group) is 1. The lowest BCUT2D eigenvalue weighted by molar-refractivity contribution is -0.130. The predicted molar refractivity (Wildman–Crippen MR) is 136 cm³/mol. The van der Waals surface area contributed by atoms with Crippen molar-refractivity contribution in [2.24, 2.45) is 5.92 Å². The van der Waals surface area contributed by atoms with E-state index >= 15 is 0 Å². The summed E-state index contributed by atoms with van der Waals surface area (Å²) in [4.78, 5) is 38.4. The van der Waals surface area contributed by atoms with Crippen LogP contribution in [0.15, 0.2) is 67.1 Å². The molecule has 0 fully saturated rings. The monoisotopic (exact) mass is 488 g/mol. The first-order chi connectivity index (χ1) is 17.4. The summed E-state index contributed by atoms with van der Waals surface area (Å²) < 4.78 is 6.32. The van der Waals surface area contributed by atoms with Crippen LogP contribution in [0, 0.1) is 5.92 Å². The Balaban J connectivity index is 1.62. The molecule has 3 heterocycles. The summed E-state index contributed by atoms with van der Waals surface area (Å²) in [5, 5.41) is 9.86. The van der Waals surface area contributed by atoms with Gasteiger partial charge in [-0.3, -0.25) is 14.6 Å². The van der Waals surface area contributed by atoms with Crippen LogP contribution in [-0.4, -0.2) is 75.6 Å². The molecule has 0 radical (unpaired) electrons. The van der Waals surface area contributed by atoms with Crippen LogP contribution < -0.4 is 4.74 Å². The summed E-state index contributed by atoms with van der Waals surface area (Å²) in [5.74, 6) is -0.159. The van der Waals surface area contributed by atoms with Crippen LogP contribution in [0.5, 0.6) is 5.88 Å². The van der Waals surface area contributed by atoms with Crippen molar-refractivity contribution >= 4 is 11.8 Å². The average Bonchev–Trinajstić information content (AvgIpc) is 2.91. The molecule has 0 unspecified atom stereocenters. The van der Waals surface area contributed by atoms with Gasteiger partial charge in [-0.05, 0) is 30.2 Å². The first-order valence-corrected chi connectivity index (χ1v) is 12.1. The third-order valence-corrected chi connectivity index (χ3v) is 6.59. The van der Waals surface area contributed by atoms with Crippen molar-refractivity contribution in [1.82, 2.24) is 19.8 Å². The van der Waals surface area contributed by atoms with Crippen molar-refractivity contribution in [1.29, 1.82) is 0 Å². The minimum Gasteiger partial charge on any atom is -0.472 e. The quantitative estimate of drug-likeness (QED) is 0.549. The number of nitrogens with zero attached hydrogens (tertiary/aromatic N) is 4. The molecule has 2 aromatic heterocycles. The van der Waals surface area contributed by atoms with Crippen molar-refractivity contribution in [3.63, 3.8) is 0 Å². The van der Waals surface area contributed by atoms with Gasteiger partial charge in [-0.2, -0.15) is 0 Å². The molecule has 0 saturated carbocycles. The molecule has 3 atom stereocenters. The van der Waals surface area contributed by atoms with Crippen molar-refractivity contribution in [3.8, 4) is 17.0 Å². The normalized spacial score (nSPS) is 18.4. The smallest absolute Gasteiger partial charge is 0.259 e. The Hall–Kier alpha value is -3.78. The van der Waals surface area contributed by atoms with Crippen molar-refractivity contribution in [2.75, 3.05) is 26.7 Å². The maximum atomic E-state index is 13.6. The molecule has 2 amide bonds. The number of hydrogen-bond acceptors (Lipinski definition) is 6. The van der Waals surface area contributed by atoms with Gasteiger partial charge in [0.25, 0.3) is 5.91 Å². The van der Waals surface area contributed by atoms with Gasteiger partial charge in [0.15, 0.2) is 0 Å². The molecule has 1 aromatic carbocycles. The molecule has 8 nitrogen and oxygen atoms in total. The fourth-order valence-corrected chi connectivity index (χ4v) is 4.29. The molecule has 1 aliphatic heterocycles. The summed E-state index contributed by atoms with van der Waals surface area (Å²) >= 11 is 0. The zero-order chi connectivity index (χ0) is 25.7. The summed E-state index contributed by atoms with van der Waals surface area (Å²) in [6.07, 6.45) is 4.90. The van der Waals surface area contributed by atoms with Gasteiger partial charge in [0.2, 0.25) is 11.8 Å². The van der Waals surface area contributed by atoms with E-state index in [1.54, 1.807) is 41.5 Å². The molecule has 0 aliphatic carbocycles.